The predicted octanol–water partition coefficient (Wildman–Crippen LogP) is 3.18. The van der Waals surface area contributed by atoms with Crippen molar-refractivity contribution < 1.29 is 19.1 Å². The van der Waals surface area contributed by atoms with Crippen molar-refractivity contribution in [3.63, 3.8) is 0 Å². The van der Waals surface area contributed by atoms with E-state index in [2.05, 4.69) is 41.5 Å². The van der Waals surface area contributed by atoms with Gasteiger partial charge in [0, 0.05) is 0 Å². The van der Waals surface area contributed by atoms with Gasteiger partial charge in [0.25, 0.3) is 6.47 Å². The topological polar surface area (TPSA) is 101 Å². The molecule has 0 radical (unpaired) electrons. The molecule has 26 heavy (non-hydrogen) atoms. The highest BCUT2D eigenvalue weighted by molar-refractivity contribution is 5.33. The molecule has 0 spiro atoms. The molecule has 0 saturated carbocycles. The summed E-state index contributed by atoms with van der Waals surface area (Å²) in [4.78, 5) is 10.4. The quantitative estimate of drug-likeness (QED) is 0.654. The van der Waals surface area contributed by atoms with E-state index < -0.39 is 0 Å². The Morgan fingerprint density at radius 1 is 1.27 bits per heavy atom. The molecular formula is C18H28N4O4. The number of benzene rings is 1. The lowest BCUT2D eigenvalue weighted by Gasteiger charge is -2.16. The van der Waals surface area contributed by atoms with Gasteiger partial charge in [-0.1, -0.05) is 31.1 Å². The first-order valence-corrected chi connectivity index (χ1v) is 8.58. The van der Waals surface area contributed by atoms with Crippen LogP contribution in [0.4, 0.5) is 6.01 Å². The van der Waals surface area contributed by atoms with Crippen LogP contribution in [0.25, 0.3) is 0 Å². The third-order valence-corrected chi connectivity index (χ3v) is 3.38. The second kappa shape index (κ2) is 11.9. The van der Waals surface area contributed by atoms with Gasteiger partial charge in [-0.3, -0.25) is 4.79 Å². The van der Waals surface area contributed by atoms with E-state index >= 15 is 0 Å². The molecule has 2 N–H and O–H groups in total. The first-order chi connectivity index (χ1) is 12.5. The van der Waals surface area contributed by atoms with Crippen LogP contribution < -0.4 is 10.1 Å². The van der Waals surface area contributed by atoms with E-state index in [9.17, 15) is 0 Å². The van der Waals surface area contributed by atoms with Gasteiger partial charge < -0.3 is 24.5 Å². The van der Waals surface area contributed by atoms with E-state index in [1.54, 1.807) is 0 Å². The molecule has 0 saturated heterocycles. The van der Waals surface area contributed by atoms with Crippen molar-refractivity contribution in [2.75, 3.05) is 26.0 Å². The molecule has 0 aliphatic heterocycles. The Balaban J connectivity index is 0.00000105. The summed E-state index contributed by atoms with van der Waals surface area (Å²) in [6.45, 7) is 5.34. The lowest BCUT2D eigenvalue weighted by Crippen LogP contribution is -2.11. The number of aromatic nitrogens is 2. The van der Waals surface area contributed by atoms with E-state index in [0.29, 0.717) is 18.5 Å². The maximum absolute atomic E-state index is 8.36. The molecular weight excluding hydrogens is 336 g/mol. The number of ether oxygens (including phenoxy) is 1. The first-order valence-electron chi connectivity index (χ1n) is 8.58. The number of carboxylic acid groups (broad SMARTS) is 1. The SMILES string of the molecule is CCCOc1ccc(C(CC)Nc2nnc(CN(C)C)o2)cc1.O=CO. The van der Waals surface area contributed by atoms with Gasteiger partial charge in [0.1, 0.15) is 5.75 Å². The van der Waals surface area contributed by atoms with Crippen molar-refractivity contribution in [1.29, 1.82) is 0 Å². The summed E-state index contributed by atoms with van der Waals surface area (Å²) in [5.41, 5.74) is 1.17. The summed E-state index contributed by atoms with van der Waals surface area (Å²) in [7, 11) is 3.93. The number of nitrogens with one attached hydrogen (secondary N) is 1. The minimum Gasteiger partial charge on any atom is -0.494 e. The summed E-state index contributed by atoms with van der Waals surface area (Å²) < 4.78 is 11.2. The number of carbonyl (C=O) groups is 1. The van der Waals surface area contributed by atoms with Crippen molar-refractivity contribution in [1.82, 2.24) is 15.1 Å². The van der Waals surface area contributed by atoms with Crippen LogP contribution in [0.1, 0.15) is 44.2 Å². The summed E-state index contributed by atoms with van der Waals surface area (Å²) >= 11 is 0. The lowest BCUT2D eigenvalue weighted by atomic mass is 10.0. The van der Waals surface area contributed by atoms with Crippen LogP contribution in [0.2, 0.25) is 0 Å². The standard InChI is InChI=1S/C17H26N4O2.CH2O2/c1-5-11-22-14-9-7-13(8-10-14)15(6-2)18-17-20-19-16(23-17)12-21(3)4;2-1-3/h7-10,15H,5-6,11-12H2,1-4H3,(H,18,20);1H,(H,2,3). The van der Waals surface area contributed by atoms with Crippen molar-refractivity contribution in [3.05, 3.63) is 35.7 Å². The minimum absolute atomic E-state index is 0.128. The van der Waals surface area contributed by atoms with Gasteiger partial charge >= 0.3 is 6.01 Å². The van der Waals surface area contributed by atoms with Gasteiger partial charge in [-0.25, -0.2) is 0 Å². The Kier molecular flexibility index (Phi) is 9.78. The largest absolute Gasteiger partial charge is 0.494 e. The Bertz CT molecular complexity index is 628. The number of rotatable bonds is 9. The fourth-order valence-corrected chi connectivity index (χ4v) is 2.23. The second-order valence-corrected chi connectivity index (χ2v) is 5.87. The molecule has 0 aliphatic rings. The van der Waals surface area contributed by atoms with Crippen molar-refractivity contribution >= 4 is 12.5 Å². The van der Waals surface area contributed by atoms with Gasteiger partial charge in [-0.15, -0.1) is 5.10 Å². The molecule has 2 rings (SSSR count). The van der Waals surface area contributed by atoms with E-state index in [4.69, 9.17) is 19.1 Å². The molecule has 1 atom stereocenters. The number of hydrogen-bond acceptors (Lipinski definition) is 7. The first kappa shape index (κ1) is 21.4. The lowest BCUT2D eigenvalue weighted by molar-refractivity contribution is -0.122. The molecule has 144 valence electrons. The molecule has 1 aromatic carbocycles. The molecule has 1 aromatic heterocycles. The molecule has 2 aromatic rings. The average Bonchev–Trinajstić information content (AvgIpc) is 3.05. The van der Waals surface area contributed by atoms with Gasteiger partial charge in [0.05, 0.1) is 19.2 Å². The normalized spacial score (nSPS) is 11.4. The van der Waals surface area contributed by atoms with E-state index in [0.717, 1.165) is 25.2 Å². The van der Waals surface area contributed by atoms with Gasteiger partial charge in [0.2, 0.25) is 5.89 Å². The van der Waals surface area contributed by atoms with E-state index in [1.807, 2.05) is 31.1 Å². The van der Waals surface area contributed by atoms with Gasteiger partial charge in [0.15, 0.2) is 0 Å². The molecule has 0 fully saturated rings. The summed E-state index contributed by atoms with van der Waals surface area (Å²) in [5.74, 6) is 1.51. The molecule has 0 amide bonds. The van der Waals surface area contributed by atoms with Crippen LogP contribution in [-0.4, -0.2) is 47.4 Å². The van der Waals surface area contributed by atoms with Crippen molar-refractivity contribution in [2.45, 2.75) is 39.3 Å². The van der Waals surface area contributed by atoms with Crippen molar-refractivity contribution in [2.24, 2.45) is 0 Å². The third-order valence-electron chi connectivity index (χ3n) is 3.38. The molecule has 0 aliphatic carbocycles. The molecule has 1 unspecified atom stereocenters. The highest BCUT2D eigenvalue weighted by Gasteiger charge is 2.14. The molecule has 8 nitrogen and oxygen atoms in total. The zero-order chi connectivity index (χ0) is 19.4. The van der Waals surface area contributed by atoms with Crippen LogP contribution in [0.3, 0.4) is 0 Å². The van der Waals surface area contributed by atoms with E-state index in [1.165, 1.54) is 5.56 Å². The predicted molar refractivity (Wildman–Crippen MR) is 99.3 cm³/mol. The Morgan fingerprint density at radius 2 is 1.92 bits per heavy atom. The fourth-order valence-electron chi connectivity index (χ4n) is 2.23. The van der Waals surface area contributed by atoms with Gasteiger partial charge in [-0.2, -0.15) is 0 Å². The Morgan fingerprint density at radius 3 is 2.46 bits per heavy atom. The summed E-state index contributed by atoms with van der Waals surface area (Å²) in [6, 6.07) is 8.73. The third kappa shape index (κ3) is 7.52. The number of nitrogens with zero attached hydrogens (tertiary/aromatic N) is 3. The van der Waals surface area contributed by atoms with Crippen molar-refractivity contribution in [3.8, 4) is 5.75 Å². The smallest absolute Gasteiger partial charge is 0.315 e. The number of hydrogen-bond donors (Lipinski definition) is 2. The van der Waals surface area contributed by atoms with Crippen LogP contribution in [-0.2, 0) is 11.3 Å². The van der Waals surface area contributed by atoms with Crippen LogP contribution >= 0.6 is 0 Å². The zero-order valence-corrected chi connectivity index (χ0v) is 15.8. The second-order valence-electron chi connectivity index (χ2n) is 5.87. The van der Waals surface area contributed by atoms with Crippen LogP contribution in [0.15, 0.2) is 28.7 Å². The fraction of sp³-hybridized carbons (Fsp3) is 0.500. The maximum atomic E-state index is 8.36. The highest BCUT2D eigenvalue weighted by atomic mass is 16.5. The average molecular weight is 364 g/mol. The highest BCUT2D eigenvalue weighted by Crippen LogP contribution is 2.24. The zero-order valence-electron chi connectivity index (χ0n) is 15.8. The summed E-state index contributed by atoms with van der Waals surface area (Å²) in [5, 5.41) is 18.3. The Hall–Kier alpha value is -2.61. The summed E-state index contributed by atoms with van der Waals surface area (Å²) in [6.07, 6.45) is 1.92. The Labute approximate surface area is 154 Å². The van der Waals surface area contributed by atoms with Crippen LogP contribution in [0.5, 0.6) is 5.75 Å². The molecule has 8 heteroatoms. The maximum Gasteiger partial charge on any atom is 0.315 e. The van der Waals surface area contributed by atoms with E-state index in [-0.39, 0.29) is 12.5 Å². The molecule has 1 heterocycles. The number of anilines is 1. The monoisotopic (exact) mass is 364 g/mol. The molecule has 0 bridgehead atoms. The van der Waals surface area contributed by atoms with Crippen LogP contribution in [0, 0.1) is 0 Å². The minimum atomic E-state index is -0.250. The van der Waals surface area contributed by atoms with Gasteiger partial charge in [-0.05, 0) is 44.6 Å².